The second-order valence-electron chi connectivity index (χ2n) is 14.7. The van der Waals surface area contributed by atoms with Crippen molar-refractivity contribution in [2.45, 2.75) is 0 Å². The normalized spacial score (nSPS) is 16.4. The second-order valence-corrected chi connectivity index (χ2v) is 14.7. The maximum Gasteiger partial charge on any atom is 0.0468 e. The molecule has 0 radical (unpaired) electrons. The molecule has 0 N–H and O–H groups in total. The Morgan fingerprint density at radius 2 is 0.887 bits per heavy atom. The van der Waals surface area contributed by atoms with Gasteiger partial charge in [-0.3, -0.25) is 0 Å². The van der Waals surface area contributed by atoms with Gasteiger partial charge in [0.05, 0.1) is 0 Å². The summed E-state index contributed by atoms with van der Waals surface area (Å²) >= 11 is 0. The molecule has 0 spiro atoms. The van der Waals surface area contributed by atoms with Crippen molar-refractivity contribution in [3.63, 3.8) is 0 Å². The Labute approximate surface area is 367 Å². The van der Waals surface area contributed by atoms with Crippen LogP contribution in [0.4, 0.5) is 28.4 Å². The monoisotopic (exact) mass is 796 g/mol. The summed E-state index contributed by atoms with van der Waals surface area (Å²) in [6, 6.07) is 66.4. The predicted molar refractivity (Wildman–Crippen MR) is 268 cm³/mol. The molecule has 0 aromatic heterocycles. The molecule has 0 saturated carbocycles. The van der Waals surface area contributed by atoms with E-state index in [2.05, 4.69) is 272 Å². The first-order valence-corrected chi connectivity index (χ1v) is 20.9. The van der Waals surface area contributed by atoms with Crippen molar-refractivity contribution in [3.8, 4) is 22.3 Å². The van der Waals surface area contributed by atoms with Crippen molar-refractivity contribution in [1.82, 2.24) is 0 Å². The Morgan fingerprint density at radius 3 is 1.52 bits per heavy atom. The summed E-state index contributed by atoms with van der Waals surface area (Å²) in [5, 5.41) is 0. The molecule has 0 amide bonds. The van der Waals surface area contributed by atoms with Crippen LogP contribution in [0.15, 0.2) is 286 Å². The van der Waals surface area contributed by atoms with Gasteiger partial charge in [0.2, 0.25) is 0 Å². The van der Waals surface area contributed by atoms with Crippen molar-refractivity contribution in [3.05, 3.63) is 297 Å². The molecule has 62 heavy (non-hydrogen) atoms. The Hall–Kier alpha value is -8.20. The molecule has 298 valence electrons. The van der Waals surface area contributed by atoms with E-state index >= 15 is 0 Å². The number of allylic oxidation sites excluding steroid dienone is 15. The fourth-order valence-electron chi connectivity index (χ4n) is 7.67. The third-order valence-corrected chi connectivity index (χ3v) is 10.7. The van der Waals surface area contributed by atoms with E-state index in [0.717, 1.165) is 67.5 Å². The Bertz CT molecular complexity index is 2820. The van der Waals surface area contributed by atoms with Crippen molar-refractivity contribution < 1.29 is 0 Å². The van der Waals surface area contributed by atoms with E-state index in [1.165, 1.54) is 11.1 Å². The molecule has 7 aromatic carbocycles. The molecule has 0 aliphatic heterocycles. The summed E-state index contributed by atoms with van der Waals surface area (Å²) in [6.45, 7) is 7.89. The zero-order valence-electron chi connectivity index (χ0n) is 34.7. The molecule has 0 heterocycles. The van der Waals surface area contributed by atoms with Crippen LogP contribution in [0, 0.1) is 0 Å². The van der Waals surface area contributed by atoms with Gasteiger partial charge >= 0.3 is 0 Å². The van der Waals surface area contributed by atoms with Crippen LogP contribution in [-0.4, -0.2) is 0 Å². The lowest BCUT2D eigenvalue weighted by Crippen LogP contribution is -2.15. The largest absolute Gasteiger partial charge is 0.311 e. The molecule has 0 atom stereocenters. The van der Waals surface area contributed by atoms with E-state index in [4.69, 9.17) is 0 Å². The van der Waals surface area contributed by atoms with Crippen LogP contribution in [0.5, 0.6) is 0 Å². The first-order chi connectivity index (χ1) is 30.7. The summed E-state index contributed by atoms with van der Waals surface area (Å²) in [5.74, 6) is 0. The third kappa shape index (κ3) is 9.63. The molecule has 8 rings (SSSR count). The average Bonchev–Trinajstić information content (AvgIpc) is 3.33. The van der Waals surface area contributed by atoms with E-state index in [0.29, 0.717) is 0 Å². The van der Waals surface area contributed by atoms with Crippen molar-refractivity contribution >= 4 is 39.6 Å². The number of nitrogens with zero attached hydrogens (tertiary/aromatic N) is 2. The zero-order valence-corrected chi connectivity index (χ0v) is 34.7. The second kappa shape index (κ2) is 20.2. The Morgan fingerprint density at radius 1 is 0.387 bits per heavy atom. The van der Waals surface area contributed by atoms with E-state index < -0.39 is 0 Å². The van der Waals surface area contributed by atoms with Crippen LogP contribution >= 0.6 is 0 Å². The zero-order chi connectivity index (χ0) is 42.4. The molecule has 0 saturated heterocycles. The summed E-state index contributed by atoms with van der Waals surface area (Å²) in [6.07, 6.45) is 27.1. The van der Waals surface area contributed by atoms with Crippen LogP contribution in [0.3, 0.4) is 0 Å². The summed E-state index contributed by atoms with van der Waals surface area (Å²) in [7, 11) is 0. The highest BCUT2D eigenvalue weighted by molar-refractivity contribution is 5.90. The maximum absolute atomic E-state index is 4.01. The lowest BCUT2D eigenvalue weighted by Gasteiger charge is -2.27. The van der Waals surface area contributed by atoms with Crippen LogP contribution in [-0.2, 0) is 0 Å². The molecule has 0 bridgehead atoms. The topological polar surface area (TPSA) is 6.48 Å². The summed E-state index contributed by atoms with van der Waals surface area (Å²) in [5.41, 5.74) is 15.4. The molecule has 0 unspecified atom stereocenters. The van der Waals surface area contributed by atoms with Gasteiger partial charge in [0.25, 0.3) is 0 Å². The highest BCUT2D eigenvalue weighted by Crippen LogP contribution is 2.40. The minimum absolute atomic E-state index is 1.03. The molecule has 0 fully saturated rings. The van der Waals surface area contributed by atoms with Crippen LogP contribution in [0.1, 0.15) is 11.1 Å². The van der Waals surface area contributed by atoms with Gasteiger partial charge in [0, 0.05) is 34.1 Å². The lowest BCUT2D eigenvalue weighted by atomic mass is 9.92. The SMILES string of the molecule is C=C/C=C(\C=C)c1ccc(N(c2ccccc2)c2ccc(C3=C/C=C/C=C/C(N(c4ccccc4)c4ccc(-c5ccccc5)cc4)=C\C=C/C=C\3)c(-c3ccccc3)c2)cc1. The lowest BCUT2D eigenvalue weighted by molar-refractivity contribution is 1.21. The van der Waals surface area contributed by atoms with Crippen LogP contribution in [0.2, 0.25) is 0 Å². The highest BCUT2D eigenvalue weighted by Gasteiger charge is 2.17. The molecule has 2 heteroatoms. The van der Waals surface area contributed by atoms with Crippen molar-refractivity contribution in [1.29, 1.82) is 0 Å². The van der Waals surface area contributed by atoms with Gasteiger partial charge in [0.15, 0.2) is 0 Å². The summed E-state index contributed by atoms with van der Waals surface area (Å²) in [4.78, 5) is 4.60. The number of anilines is 5. The van der Waals surface area contributed by atoms with Crippen LogP contribution < -0.4 is 9.80 Å². The number of rotatable bonds is 12. The number of hydrogen-bond donors (Lipinski definition) is 0. The molecule has 1 aliphatic carbocycles. The predicted octanol–water partition coefficient (Wildman–Crippen LogP) is 16.6. The highest BCUT2D eigenvalue weighted by atomic mass is 15.1. The van der Waals surface area contributed by atoms with E-state index in [1.807, 2.05) is 12.2 Å². The minimum atomic E-state index is 1.03. The first-order valence-electron chi connectivity index (χ1n) is 20.9. The van der Waals surface area contributed by atoms with Crippen molar-refractivity contribution in [2.75, 3.05) is 9.80 Å². The van der Waals surface area contributed by atoms with E-state index in [9.17, 15) is 0 Å². The molecule has 2 nitrogen and oxygen atoms in total. The standard InChI is InChI=1S/C60H48N2/c1-3-23-47(4-2)49-36-40-57(41-37-49)62(55-34-21-10-22-35-55)58-44-45-59(60(46-58)52-28-13-6-14-29-52)51-26-15-7-17-30-53(31-18-8-16-27-51)61(54-32-19-9-20-33-54)56-42-38-50(39-43-56)48-24-11-5-12-25-48/h3-46H,1-2H2/b15-7+,16-8?,17-7?,18-8-,26-15?,27-16-,30-17+,31-18?,47-23+,51-26+,51-27?,53-30?,53-31+. The first kappa shape index (κ1) is 40.6. The van der Waals surface area contributed by atoms with Gasteiger partial charge in [-0.25, -0.2) is 0 Å². The Balaban J connectivity index is 1.14. The fraction of sp³-hybridized carbons (Fsp3) is 0. The summed E-state index contributed by atoms with van der Waals surface area (Å²) < 4.78 is 0. The average molecular weight is 797 g/mol. The van der Waals surface area contributed by atoms with E-state index in [1.54, 1.807) is 6.08 Å². The van der Waals surface area contributed by atoms with E-state index in [-0.39, 0.29) is 0 Å². The number of benzene rings is 7. The third-order valence-electron chi connectivity index (χ3n) is 10.7. The number of hydrogen-bond acceptors (Lipinski definition) is 2. The van der Waals surface area contributed by atoms with Gasteiger partial charge in [0.1, 0.15) is 0 Å². The molecular formula is C60H48N2. The fourth-order valence-corrected chi connectivity index (χ4v) is 7.67. The maximum atomic E-state index is 4.01. The van der Waals surface area contributed by atoms with Gasteiger partial charge in [-0.15, -0.1) is 0 Å². The molecular weight excluding hydrogens is 749 g/mol. The van der Waals surface area contributed by atoms with Gasteiger partial charge < -0.3 is 9.80 Å². The quantitative estimate of drug-likeness (QED) is 0.114. The van der Waals surface area contributed by atoms with Gasteiger partial charge in [-0.05, 0) is 117 Å². The molecule has 1 aliphatic rings. The number of para-hydroxylation sites is 2. The van der Waals surface area contributed by atoms with Gasteiger partial charge in [-0.2, -0.15) is 0 Å². The van der Waals surface area contributed by atoms with Gasteiger partial charge in [-0.1, -0.05) is 207 Å². The Kier molecular flexibility index (Phi) is 13.2. The molecule has 7 aromatic rings. The minimum Gasteiger partial charge on any atom is -0.311 e. The van der Waals surface area contributed by atoms with Crippen molar-refractivity contribution in [2.24, 2.45) is 0 Å². The smallest absolute Gasteiger partial charge is 0.0468 e. The van der Waals surface area contributed by atoms with Crippen LogP contribution in [0.25, 0.3) is 33.4 Å².